The Morgan fingerprint density at radius 3 is 2.67 bits per heavy atom. The molecule has 3 rings (SSSR count). The van der Waals surface area contributed by atoms with Crippen molar-refractivity contribution in [2.75, 3.05) is 5.73 Å². The van der Waals surface area contributed by atoms with Crippen molar-refractivity contribution in [1.82, 2.24) is 14.8 Å². The summed E-state index contributed by atoms with van der Waals surface area (Å²) in [5.41, 5.74) is 7.61. The molecule has 4 nitrogen and oxygen atoms in total. The summed E-state index contributed by atoms with van der Waals surface area (Å²) in [6, 6.07) is 7.51. The van der Waals surface area contributed by atoms with E-state index in [0.29, 0.717) is 22.6 Å². The van der Waals surface area contributed by atoms with Gasteiger partial charge in [-0.15, -0.1) is 0 Å². The molecule has 0 aliphatic rings. The molecule has 0 atom stereocenters. The molecule has 0 bridgehead atoms. The van der Waals surface area contributed by atoms with Crippen molar-refractivity contribution in [3.8, 4) is 22.4 Å². The van der Waals surface area contributed by atoms with Gasteiger partial charge < -0.3 is 5.73 Å². The SMILES string of the molecule is Cn1nc(-c2cccc(F)c2F)c(-c2cccnc2)c1N. The second kappa shape index (κ2) is 4.97. The third-order valence-electron chi connectivity index (χ3n) is 3.25. The first kappa shape index (κ1) is 13.2. The zero-order valence-corrected chi connectivity index (χ0v) is 11.2. The first-order valence-corrected chi connectivity index (χ1v) is 6.27. The number of pyridine rings is 1. The van der Waals surface area contributed by atoms with E-state index in [0.717, 1.165) is 6.07 Å². The van der Waals surface area contributed by atoms with Gasteiger partial charge in [-0.25, -0.2) is 8.78 Å². The normalized spacial score (nSPS) is 10.8. The van der Waals surface area contributed by atoms with Gasteiger partial charge in [0, 0.05) is 30.6 Å². The summed E-state index contributed by atoms with van der Waals surface area (Å²) in [5.74, 6) is -1.50. The monoisotopic (exact) mass is 286 g/mol. The van der Waals surface area contributed by atoms with Crippen LogP contribution in [0.3, 0.4) is 0 Å². The van der Waals surface area contributed by atoms with E-state index in [9.17, 15) is 8.78 Å². The first-order valence-electron chi connectivity index (χ1n) is 6.27. The molecule has 106 valence electrons. The molecule has 21 heavy (non-hydrogen) atoms. The van der Waals surface area contributed by atoms with Gasteiger partial charge >= 0.3 is 0 Å². The van der Waals surface area contributed by atoms with E-state index in [1.54, 1.807) is 31.6 Å². The van der Waals surface area contributed by atoms with Gasteiger partial charge in [0.1, 0.15) is 11.5 Å². The van der Waals surface area contributed by atoms with E-state index in [2.05, 4.69) is 10.1 Å². The van der Waals surface area contributed by atoms with Gasteiger partial charge in [-0.1, -0.05) is 12.1 Å². The summed E-state index contributed by atoms with van der Waals surface area (Å²) in [6.45, 7) is 0. The molecule has 0 aliphatic carbocycles. The molecule has 0 saturated carbocycles. The van der Waals surface area contributed by atoms with Gasteiger partial charge in [-0.3, -0.25) is 9.67 Å². The van der Waals surface area contributed by atoms with Crippen LogP contribution >= 0.6 is 0 Å². The molecule has 2 heterocycles. The maximum atomic E-state index is 14.0. The van der Waals surface area contributed by atoms with Gasteiger partial charge in [0.15, 0.2) is 11.6 Å². The summed E-state index contributed by atoms with van der Waals surface area (Å²) in [6.07, 6.45) is 3.23. The fourth-order valence-corrected chi connectivity index (χ4v) is 2.21. The summed E-state index contributed by atoms with van der Waals surface area (Å²) >= 11 is 0. The molecule has 2 aromatic heterocycles. The average Bonchev–Trinajstić information content (AvgIpc) is 2.78. The van der Waals surface area contributed by atoms with Crippen LogP contribution in [0.4, 0.5) is 14.6 Å². The van der Waals surface area contributed by atoms with Crippen LogP contribution in [-0.4, -0.2) is 14.8 Å². The molecule has 0 radical (unpaired) electrons. The summed E-state index contributed by atoms with van der Waals surface area (Å²) in [4.78, 5) is 4.03. The number of aryl methyl sites for hydroxylation is 1. The zero-order chi connectivity index (χ0) is 15.0. The average molecular weight is 286 g/mol. The molecule has 2 N–H and O–H groups in total. The van der Waals surface area contributed by atoms with Crippen molar-refractivity contribution in [2.45, 2.75) is 0 Å². The molecule has 3 aromatic rings. The molecule has 0 amide bonds. The highest BCUT2D eigenvalue weighted by molar-refractivity contribution is 5.87. The van der Waals surface area contributed by atoms with Crippen molar-refractivity contribution in [3.05, 3.63) is 54.4 Å². The van der Waals surface area contributed by atoms with Crippen LogP contribution in [-0.2, 0) is 7.05 Å². The molecule has 0 spiro atoms. The molecular weight excluding hydrogens is 274 g/mol. The van der Waals surface area contributed by atoms with E-state index in [1.165, 1.54) is 16.8 Å². The Morgan fingerprint density at radius 1 is 1.14 bits per heavy atom. The number of hydrogen-bond acceptors (Lipinski definition) is 3. The molecule has 6 heteroatoms. The second-order valence-corrected chi connectivity index (χ2v) is 4.58. The van der Waals surface area contributed by atoms with Gasteiger partial charge in [0.25, 0.3) is 0 Å². The Kier molecular flexibility index (Phi) is 3.13. The Hall–Kier alpha value is -2.76. The van der Waals surface area contributed by atoms with Crippen molar-refractivity contribution in [2.24, 2.45) is 7.05 Å². The predicted molar refractivity (Wildman–Crippen MR) is 76.2 cm³/mol. The van der Waals surface area contributed by atoms with Crippen LogP contribution in [0, 0.1) is 11.6 Å². The molecule has 0 unspecified atom stereocenters. The number of nitrogens with two attached hydrogens (primary N) is 1. The molecule has 1 aromatic carbocycles. The topological polar surface area (TPSA) is 56.7 Å². The summed E-state index contributed by atoms with van der Waals surface area (Å²) in [5, 5.41) is 4.22. The molecule has 0 fully saturated rings. The number of benzene rings is 1. The standard InChI is InChI=1S/C15H12F2N4/c1-21-15(18)12(9-4-3-7-19-8-9)14(20-21)10-5-2-6-11(16)13(10)17/h2-8H,18H2,1H3. The lowest BCUT2D eigenvalue weighted by Gasteiger charge is -2.05. The largest absolute Gasteiger partial charge is 0.383 e. The number of aromatic nitrogens is 3. The number of hydrogen-bond donors (Lipinski definition) is 1. The van der Waals surface area contributed by atoms with E-state index in [-0.39, 0.29) is 5.56 Å². The Bertz CT molecular complexity index is 797. The van der Waals surface area contributed by atoms with Gasteiger partial charge in [0.2, 0.25) is 0 Å². The van der Waals surface area contributed by atoms with Crippen LogP contribution in [0.5, 0.6) is 0 Å². The lowest BCUT2D eigenvalue weighted by molar-refractivity contribution is 0.511. The highest BCUT2D eigenvalue weighted by Crippen LogP contribution is 2.36. The zero-order valence-electron chi connectivity index (χ0n) is 11.2. The minimum absolute atomic E-state index is 0.0705. The van der Waals surface area contributed by atoms with Gasteiger partial charge in [-0.2, -0.15) is 5.10 Å². The lowest BCUT2D eigenvalue weighted by atomic mass is 10.0. The minimum Gasteiger partial charge on any atom is -0.383 e. The van der Waals surface area contributed by atoms with Crippen molar-refractivity contribution < 1.29 is 8.78 Å². The predicted octanol–water partition coefficient (Wildman–Crippen LogP) is 3.01. The number of rotatable bonds is 2. The maximum absolute atomic E-state index is 14.0. The van der Waals surface area contributed by atoms with E-state index < -0.39 is 11.6 Å². The fourth-order valence-electron chi connectivity index (χ4n) is 2.21. The summed E-state index contributed by atoms with van der Waals surface area (Å²) < 4.78 is 28.9. The van der Waals surface area contributed by atoms with Gasteiger partial charge in [0.05, 0.1) is 5.56 Å². The molecular formula is C15H12F2N4. The van der Waals surface area contributed by atoms with Gasteiger partial charge in [-0.05, 0) is 18.2 Å². The number of nitrogen functional groups attached to an aromatic ring is 1. The number of anilines is 1. The Labute approximate surface area is 119 Å². The maximum Gasteiger partial charge on any atom is 0.168 e. The smallest absolute Gasteiger partial charge is 0.168 e. The number of halogens is 2. The Morgan fingerprint density at radius 2 is 1.95 bits per heavy atom. The van der Waals surface area contributed by atoms with Crippen LogP contribution < -0.4 is 5.73 Å². The molecule has 0 saturated heterocycles. The van der Waals surface area contributed by atoms with Crippen molar-refractivity contribution in [3.63, 3.8) is 0 Å². The van der Waals surface area contributed by atoms with Crippen LogP contribution in [0.25, 0.3) is 22.4 Å². The first-order chi connectivity index (χ1) is 10.1. The van der Waals surface area contributed by atoms with Crippen molar-refractivity contribution in [1.29, 1.82) is 0 Å². The van der Waals surface area contributed by atoms with Crippen molar-refractivity contribution >= 4 is 5.82 Å². The quantitative estimate of drug-likeness (QED) is 0.788. The van der Waals surface area contributed by atoms with Crippen LogP contribution in [0.1, 0.15) is 0 Å². The van der Waals surface area contributed by atoms with E-state index >= 15 is 0 Å². The molecule has 0 aliphatic heterocycles. The lowest BCUT2D eigenvalue weighted by Crippen LogP contribution is -1.98. The highest BCUT2D eigenvalue weighted by atomic mass is 19.2. The Balaban J connectivity index is 2.30. The van der Waals surface area contributed by atoms with E-state index in [1.807, 2.05) is 0 Å². The number of nitrogens with zero attached hydrogens (tertiary/aromatic N) is 3. The van der Waals surface area contributed by atoms with E-state index in [4.69, 9.17) is 5.73 Å². The fraction of sp³-hybridized carbons (Fsp3) is 0.0667. The van der Waals surface area contributed by atoms with Crippen LogP contribution in [0.2, 0.25) is 0 Å². The minimum atomic E-state index is -0.944. The second-order valence-electron chi connectivity index (χ2n) is 4.58. The third-order valence-corrected chi connectivity index (χ3v) is 3.25. The highest BCUT2D eigenvalue weighted by Gasteiger charge is 2.21. The third kappa shape index (κ3) is 2.14. The van der Waals surface area contributed by atoms with Crippen LogP contribution in [0.15, 0.2) is 42.7 Å². The summed E-state index contributed by atoms with van der Waals surface area (Å²) in [7, 11) is 1.65.